The minimum atomic E-state index is -2.60. The van der Waals surface area contributed by atoms with Crippen LogP contribution < -0.4 is 0 Å². The number of rotatable bonds is 2. The second kappa shape index (κ2) is 2.54. The van der Waals surface area contributed by atoms with Gasteiger partial charge in [-0.2, -0.15) is 0 Å². The van der Waals surface area contributed by atoms with E-state index in [1.807, 2.05) is 0 Å². The van der Waals surface area contributed by atoms with Gasteiger partial charge < -0.3 is 4.79 Å². The van der Waals surface area contributed by atoms with E-state index in [2.05, 4.69) is 0 Å². The van der Waals surface area contributed by atoms with Crippen LogP contribution in [0.4, 0.5) is 8.78 Å². The molecular weight excluding hydrogens is 150 g/mol. The van der Waals surface area contributed by atoms with Gasteiger partial charge in [0.25, 0.3) is 0 Å². The first-order chi connectivity index (χ1) is 5.04. The summed E-state index contributed by atoms with van der Waals surface area (Å²) in [5.74, 6) is -2.60. The van der Waals surface area contributed by atoms with Crippen LogP contribution in [0.1, 0.15) is 32.6 Å². The van der Waals surface area contributed by atoms with Crippen LogP contribution in [0.2, 0.25) is 0 Å². The third kappa shape index (κ3) is 1.57. The lowest BCUT2D eigenvalue weighted by atomic mass is 9.85. The normalized spacial score (nSPS) is 35.5. The third-order valence-corrected chi connectivity index (χ3v) is 2.55. The van der Waals surface area contributed by atoms with E-state index in [0.717, 1.165) is 0 Å². The average molecular weight is 162 g/mol. The summed E-state index contributed by atoms with van der Waals surface area (Å²) in [5.41, 5.74) is -0.719. The maximum atomic E-state index is 12.7. The monoisotopic (exact) mass is 162 g/mol. The Labute approximate surface area is 64.8 Å². The van der Waals surface area contributed by atoms with E-state index >= 15 is 0 Å². The molecule has 0 aliphatic heterocycles. The zero-order valence-corrected chi connectivity index (χ0v) is 6.57. The zero-order valence-electron chi connectivity index (χ0n) is 6.57. The lowest BCUT2D eigenvalue weighted by Crippen LogP contribution is -2.20. The molecule has 0 spiro atoms. The van der Waals surface area contributed by atoms with Crippen LogP contribution in [0.5, 0.6) is 0 Å². The van der Waals surface area contributed by atoms with Crippen molar-refractivity contribution >= 4 is 6.29 Å². The molecule has 1 rings (SSSR count). The van der Waals surface area contributed by atoms with Gasteiger partial charge in [-0.15, -0.1) is 0 Å². The minimum absolute atomic E-state index is 0.125. The number of alkyl halides is 2. The Balaban J connectivity index is 2.70. The van der Waals surface area contributed by atoms with Crippen molar-refractivity contribution in [1.82, 2.24) is 0 Å². The largest absolute Gasteiger partial charge is 0.303 e. The summed E-state index contributed by atoms with van der Waals surface area (Å²) in [6.07, 6.45) is 1.21. The molecule has 3 heteroatoms. The molecule has 0 N–H and O–H groups in total. The Hall–Kier alpha value is -0.470. The first-order valence-electron chi connectivity index (χ1n) is 3.88. The van der Waals surface area contributed by atoms with E-state index < -0.39 is 11.3 Å². The van der Waals surface area contributed by atoms with Crippen molar-refractivity contribution in [2.75, 3.05) is 0 Å². The molecule has 1 unspecified atom stereocenters. The molecule has 1 aliphatic rings. The van der Waals surface area contributed by atoms with E-state index in [1.165, 1.54) is 0 Å². The fourth-order valence-electron chi connectivity index (χ4n) is 1.61. The number of halogens is 2. The van der Waals surface area contributed by atoms with E-state index in [-0.39, 0.29) is 12.8 Å². The third-order valence-electron chi connectivity index (χ3n) is 2.55. The van der Waals surface area contributed by atoms with Gasteiger partial charge in [0.05, 0.1) is 0 Å². The highest BCUT2D eigenvalue weighted by Crippen LogP contribution is 2.47. The second-order valence-electron chi connectivity index (χ2n) is 3.37. The first-order valence-corrected chi connectivity index (χ1v) is 3.88. The molecule has 0 aromatic heterocycles. The number of aldehydes is 1. The first kappa shape index (κ1) is 8.62. The van der Waals surface area contributed by atoms with Gasteiger partial charge in [0, 0.05) is 18.3 Å². The smallest absolute Gasteiger partial charge is 0.249 e. The molecule has 0 saturated heterocycles. The molecular formula is C8H12F2O. The molecule has 0 heterocycles. The van der Waals surface area contributed by atoms with Crippen LogP contribution >= 0.6 is 0 Å². The standard InChI is InChI=1S/C8H12F2O/c1-2-7(6-11)3-4-8(9,10)5-7/h6H,2-5H2,1H3. The Morgan fingerprint density at radius 1 is 1.45 bits per heavy atom. The number of hydrogen-bond donors (Lipinski definition) is 0. The Kier molecular flexibility index (Phi) is 1.99. The van der Waals surface area contributed by atoms with E-state index in [1.54, 1.807) is 6.92 Å². The Morgan fingerprint density at radius 2 is 2.09 bits per heavy atom. The molecule has 1 aliphatic carbocycles. The number of hydrogen-bond acceptors (Lipinski definition) is 1. The van der Waals surface area contributed by atoms with E-state index in [4.69, 9.17) is 0 Å². The second-order valence-corrected chi connectivity index (χ2v) is 3.37. The van der Waals surface area contributed by atoms with Crippen LogP contribution in [0.25, 0.3) is 0 Å². The van der Waals surface area contributed by atoms with Gasteiger partial charge in [-0.3, -0.25) is 0 Å². The molecule has 0 aromatic carbocycles. The molecule has 11 heavy (non-hydrogen) atoms. The van der Waals surface area contributed by atoms with Crippen molar-refractivity contribution in [3.8, 4) is 0 Å². The molecule has 0 amide bonds. The summed E-state index contributed by atoms with van der Waals surface area (Å²) in [4.78, 5) is 10.5. The van der Waals surface area contributed by atoms with Crippen molar-refractivity contribution < 1.29 is 13.6 Å². The van der Waals surface area contributed by atoms with Gasteiger partial charge in [-0.1, -0.05) is 6.92 Å². The molecule has 1 saturated carbocycles. The van der Waals surface area contributed by atoms with Crippen molar-refractivity contribution in [2.24, 2.45) is 5.41 Å². The Bertz CT molecular complexity index is 167. The van der Waals surface area contributed by atoms with Gasteiger partial charge in [0.15, 0.2) is 0 Å². The van der Waals surface area contributed by atoms with Gasteiger partial charge in [-0.25, -0.2) is 8.78 Å². The minimum Gasteiger partial charge on any atom is -0.303 e. The van der Waals surface area contributed by atoms with Gasteiger partial charge in [-0.05, 0) is 12.8 Å². The average Bonchev–Trinajstić information content (AvgIpc) is 2.28. The summed E-state index contributed by atoms with van der Waals surface area (Å²) in [6.45, 7) is 1.79. The lowest BCUT2D eigenvalue weighted by Gasteiger charge is -2.18. The van der Waals surface area contributed by atoms with Gasteiger partial charge >= 0.3 is 0 Å². The predicted molar refractivity (Wildman–Crippen MR) is 37.6 cm³/mol. The highest BCUT2D eigenvalue weighted by molar-refractivity contribution is 5.60. The van der Waals surface area contributed by atoms with Crippen LogP contribution in [0.3, 0.4) is 0 Å². The van der Waals surface area contributed by atoms with Crippen molar-refractivity contribution in [3.63, 3.8) is 0 Å². The van der Waals surface area contributed by atoms with Crippen LogP contribution in [-0.2, 0) is 4.79 Å². The molecule has 0 radical (unpaired) electrons. The van der Waals surface area contributed by atoms with Gasteiger partial charge in [0.1, 0.15) is 6.29 Å². The van der Waals surface area contributed by atoms with Gasteiger partial charge in [0.2, 0.25) is 5.92 Å². The number of carbonyl (C=O) groups is 1. The maximum Gasteiger partial charge on any atom is 0.249 e. The molecule has 64 valence electrons. The summed E-state index contributed by atoms with van der Waals surface area (Å²) in [5, 5.41) is 0. The van der Waals surface area contributed by atoms with Crippen LogP contribution in [0, 0.1) is 5.41 Å². The molecule has 1 nitrogen and oxygen atoms in total. The summed E-state index contributed by atoms with van der Waals surface area (Å²) in [7, 11) is 0. The number of carbonyl (C=O) groups excluding carboxylic acids is 1. The van der Waals surface area contributed by atoms with E-state index in [0.29, 0.717) is 19.1 Å². The quantitative estimate of drug-likeness (QED) is 0.570. The van der Waals surface area contributed by atoms with Crippen LogP contribution in [-0.4, -0.2) is 12.2 Å². The summed E-state index contributed by atoms with van der Waals surface area (Å²) >= 11 is 0. The Morgan fingerprint density at radius 3 is 2.27 bits per heavy atom. The van der Waals surface area contributed by atoms with E-state index in [9.17, 15) is 13.6 Å². The summed E-state index contributed by atoms with van der Waals surface area (Å²) in [6, 6.07) is 0. The maximum absolute atomic E-state index is 12.7. The molecule has 1 fully saturated rings. The fraction of sp³-hybridized carbons (Fsp3) is 0.875. The highest BCUT2D eigenvalue weighted by Gasteiger charge is 2.48. The topological polar surface area (TPSA) is 17.1 Å². The molecule has 0 aromatic rings. The zero-order chi connectivity index (χ0) is 8.54. The molecule has 1 atom stereocenters. The van der Waals surface area contributed by atoms with Crippen molar-refractivity contribution in [2.45, 2.75) is 38.5 Å². The van der Waals surface area contributed by atoms with Crippen molar-refractivity contribution in [1.29, 1.82) is 0 Å². The van der Waals surface area contributed by atoms with Crippen LogP contribution in [0.15, 0.2) is 0 Å². The molecule has 0 bridgehead atoms. The summed E-state index contributed by atoms with van der Waals surface area (Å²) < 4.78 is 25.3. The fourth-order valence-corrected chi connectivity index (χ4v) is 1.61. The predicted octanol–water partition coefficient (Wildman–Crippen LogP) is 2.40. The SMILES string of the molecule is CCC1(C=O)CCC(F)(F)C1. The van der Waals surface area contributed by atoms with Crippen molar-refractivity contribution in [3.05, 3.63) is 0 Å². The highest BCUT2D eigenvalue weighted by atomic mass is 19.3. The lowest BCUT2D eigenvalue weighted by molar-refractivity contribution is -0.117.